The van der Waals surface area contributed by atoms with Crippen LogP contribution >= 0.6 is 0 Å². The quantitative estimate of drug-likeness (QED) is 0.457. The maximum atomic E-state index is 12.2. The fourth-order valence-electron chi connectivity index (χ4n) is 1.76. The van der Waals surface area contributed by atoms with Crippen LogP contribution in [0.4, 0.5) is 5.82 Å². The minimum atomic E-state index is -0.602. The Balaban J connectivity index is 2.17. The van der Waals surface area contributed by atoms with Crippen LogP contribution in [0.1, 0.15) is 17.3 Å². The molecular weight excluding hydrogens is 262 g/mol. The summed E-state index contributed by atoms with van der Waals surface area (Å²) in [5.41, 5.74) is 0.450. The number of benzene rings is 1. The molecule has 0 atom stereocenters. The molecule has 7 heteroatoms. The minimum absolute atomic E-state index is 0.0229. The molecule has 0 saturated heterocycles. The van der Waals surface area contributed by atoms with Gasteiger partial charge < -0.3 is 19.4 Å². The maximum Gasteiger partial charge on any atom is 0.381 e. The third-order valence-corrected chi connectivity index (χ3v) is 2.62. The number of Topliss-reactive ketones (excluding diaryl/α,β-unsaturated/α-hetero) is 1. The number of hydrogen-bond donors (Lipinski definition) is 0. The van der Waals surface area contributed by atoms with Crippen molar-refractivity contribution in [2.45, 2.75) is 13.5 Å². The van der Waals surface area contributed by atoms with E-state index in [1.54, 1.807) is 24.3 Å². The number of hydrogen-bond acceptors (Lipinski definition) is 5. The molecule has 0 saturated carbocycles. The molecular formula is C13H13N3O4. The number of nitro groups is 1. The number of aromatic nitrogens is 2. The summed E-state index contributed by atoms with van der Waals surface area (Å²) in [7, 11) is 0. The standard InChI is InChI=1S/C13H13N3O4/c1-2-20-12-6-4-3-5-10(12)11(17)7-15-8-13(14-9-15)16(18)19/h3-6,8-9H,2,7H2,1H3. The maximum absolute atomic E-state index is 12.2. The Bertz CT molecular complexity index is 636. The van der Waals surface area contributed by atoms with Crippen molar-refractivity contribution in [2.24, 2.45) is 0 Å². The smallest absolute Gasteiger partial charge is 0.381 e. The first kappa shape index (κ1) is 13.7. The van der Waals surface area contributed by atoms with E-state index in [-0.39, 0.29) is 18.1 Å². The van der Waals surface area contributed by atoms with Crippen molar-refractivity contribution in [1.82, 2.24) is 9.55 Å². The van der Waals surface area contributed by atoms with Crippen molar-refractivity contribution in [3.05, 3.63) is 52.5 Å². The Morgan fingerprint density at radius 2 is 2.20 bits per heavy atom. The first-order chi connectivity index (χ1) is 9.61. The average Bonchev–Trinajstić information content (AvgIpc) is 2.88. The lowest BCUT2D eigenvalue weighted by molar-refractivity contribution is -0.389. The molecule has 0 bridgehead atoms. The molecule has 0 aliphatic heterocycles. The number of ether oxygens (including phenoxy) is 1. The van der Waals surface area contributed by atoms with Gasteiger partial charge in [-0.1, -0.05) is 12.1 Å². The van der Waals surface area contributed by atoms with Crippen LogP contribution in [0.25, 0.3) is 0 Å². The van der Waals surface area contributed by atoms with E-state index in [0.29, 0.717) is 17.9 Å². The van der Waals surface area contributed by atoms with Gasteiger partial charge in [-0.3, -0.25) is 4.79 Å². The van der Waals surface area contributed by atoms with Crippen LogP contribution in [0.3, 0.4) is 0 Å². The summed E-state index contributed by atoms with van der Waals surface area (Å²) in [4.78, 5) is 25.7. The molecule has 0 fully saturated rings. The van der Waals surface area contributed by atoms with Crippen LogP contribution in [-0.4, -0.2) is 26.9 Å². The van der Waals surface area contributed by atoms with Crippen molar-refractivity contribution in [3.8, 4) is 5.75 Å². The molecule has 20 heavy (non-hydrogen) atoms. The second kappa shape index (κ2) is 5.96. The van der Waals surface area contributed by atoms with Gasteiger partial charge in [0.1, 0.15) is 11.9 Å². The normalized spacial score (nSPS) is 10.2. The average molecular weight is 275 g/mol. The van der Waals surface area contributed by atoms with E-state index in [1.165, 1.54) is 17.1 Å². The van der Waals surface area contributed by atoms with Crippen LogP contribution in [0.15, 0.2) is 36.8 Å². The Morgan fingerprint density at radius 3 is 2.85 bits per heavy atom. The van der Waals surface area contributed by atoms with Crippen LogP contribution in [-0.2, 0) is 6.54 Å². The number of rotatable bonds is 6. The zero-order valence-electron chi connectivity index (χ0n) is 10.9. The highest BCUT2D eigenvalue weighted by molar-refractivity contribution is 5.98. The van der Waals surface area contributed by atoms with Gasteiger partial charge in [-0.25, -0.2) is 0 Å². The van der Waals surface area contributed by atoms with E-state index < -0.39 is 4.92 Å². The molecule has 104 valence electrons. The summed E-state index contributed by atoms with van der Waals surface area (Å²) in [6, 6.07) is 6.90. The molecule has 0 unspecified atom stereocenters. The van der Waals surface area contributed by atoms with Gasteiger partial charge in [0.25, 0.3) is 0 Å². The predicted octanol–water partition coefficient (Wildman–Crippen LogP) is 2.07. The SMILES string of the molecule is CCOc1ccccc1C(=O)Cn1cnc([N+](=O)[O-])c1. The molecule has 2 rings (SSSR count). The van der Waals surface area contributed by atoms with Gasteiger partial charge in [-0.15, -0.1) is 0 Å². The third-order valence-electron chi connectivity index (χ3n) is 2.62. The van der Waals surface area contributed by atoms with E-state index in [2.05, 4.69) is 4.98 Å². The van der Waals surface area contributed by atoms with Crippen LogP contribution in [0.2, 0.25) is 0 Å². The Labute approximate surface area is 115 Å². The highest BCUT2D eigenvalue weighted by atomic mass is 16.6. The fraction of sp³-hybridized carbons (Fsp3) is 0.231. The van der Waals surface area contributed by atoms with Crippen molar-refractivity contribution in [3.63, 3.8) is 0 Å². The molecule has 2 aromatic rings. The summed E-state index contributed by atoms with van der Waals surface area (Å²) in [6.07, 6.45) is 2.49. The monoisotopic (exact) mass is 275 g/mol. The minimum Gasteiger partial charge on any atom is -0.493 e. The van der Waals surface area contributed by atoms with Gasteiger partial charge >= 0.3 is 5.82 Å². The Hall–Kier alpha value is -2.70. The van der Waals surface area contributed by atoms with E-state index in [4.69, 9.17) is 4.74 Å². The molecule has 0 aliphatic rings. The summed E-state index contributed by atoms with van der Waals surface area (Å²) in [5, 5.41) is 10.5. The zero-order valence-corrected chi connectivity index (χ0v) is 10.9. The number of para-hydroxylation sites is 1. The topological polar surface area (TPSA) is 87.3 Å². The second-order valence-corrected chi connectivity index (χ2v) is 4.01. The van der Waals surface area contributed by atoms with Crippen molar-refractivity contribution in [1.29, 1.82) is 0 Å². The van der Waals surface area contributed by atoms with Crippen molar-refractivity contribution >= 4 is 11.6 Å². The molecule has 0 amide bonds. The highest BCUT2D eigenvalue weighted by Gasteiger charge is 2.15. The van der Waals surface area contributed by atoms with Crippen LogP contribution in [0.5, 0.6) is 5.75 Å². The van der Waals surface area contributed by atoms with Gasteiger partial charge in [-0.2, -0.15) is 0 Å². The second-order valence-electron chi connectivity index (χ2n) is 4.01. The summed E-state index contributed by atoms with van der Waals surface area (Å²) in [5.74, 6) is 0.0341. The van der Waals surface area contributed by atoms with E-state index in [9.17, 15) is 14.9 Å². The number of carbonyl (C=O) groups is 1. The van der Waals surface area contributed by atoms with Crippen molar-refractivity contribution in [2.75, 3.05) is 6.61 Å². The first-order valence-electron chi connectivity index (χ1n) is 6.03. The van der Waals surface area contributed by atoms with Crippen molar-refractivity contribution < 1.29 is 14.5 Å². The number of nitrogens with zero attached hydrogens (tertiary/aromatic N) is 3. The number of ketones is 1. The third kappa shape index (κ3) is 3.00. The van der Waals surface area contributed by atoms with Gasteiger partial charge in [0, 0.05) is 0 Å². The van der Waals surface area contributed by atoms with Gasteiger partial charge in [0.15, 0.2) is 5.78 Å². The van der Waals surface area contributed by atoms with E-state index in [0.717, 1.165) is 0 Å². The lowest BCUT2D eigenvalue weighted by Crippen LogP contribution is -2.10. The van der Waals surface area contributed by atoms with E-state index in [1.807, 2.05) is 6.92 Å². The Kier molecular flexibility index (Phi) is 4.09. The summed E-state index contributed by atoms with van der Waals surface area (Å²) in [6.45, 7) is 2.27. The number of imidazole rings is 1. The summed E-state index contributed by atoms with van der Waals surface area (Å²) < 4.78 is 6.76. The molecule has 1 heterocycles. The van der Waals surface area contributed by atoms with Gasteiger partial charge in [0.2, 0.25) is 6.33 Å². The first-order valence-corrected chi connectivity index (χ1v) is 6.03. The fourth-order valence-corrected chi connectivity index (χ4v) is 1.76. The van der Waals surface area contributed by atoms with Crippen LogP contribution < -0.4 is 4.74 Å². The largest absolute Gasteiger partial charge is 0.493 e. The summed E-state index contributed by atoms with van der Waals surface area (Å²) >= 11 is 0. The molecule has 0 radical (unpaired) electrons. The molecule has 1 aromatic heterocycles. The molecule has 0 N–H and O–H groups in total. The highest BCUT2D eigenvalue weighted by Crippen LogP contribution is 2.19. The Morgan fingerprint density at radius 1 is 1.45 bits per heavy atom. The van der Waals surface area contributed by atoms with Gasteiger partial charge in [-0.05, 0) is 29.0 Å². The molecule has 0 spiro atoms. The van der Waals surface area contributed by atoms with E-state index >= 15 is 0 Å². The molecule has 7 nitrogen and oxygen atoms in total. The molecule has 1 aromatic carbocycles. The lowest BCUT2D eigenvalue weighted by atomic mass is 10.1. The number of carbonyl (C=O) groups excluding carboxylic acids is 1. The molecule has 0 aliphatic carbocycles. The van der Waals surface area contributed by atoms with Crippen LogP contribution in [0, 0.1) is 10.1 Å². The predicted molar refractivity (Wildman–Crippen MR) is 70.8 cm³/mol. The lowest BCUT2D eigenvalue weighted by Gasteiger charge is -2.08. The zero-order chi connectivity index (χ0) is 14.5. The van der Waals surface area contributed by atoms with Gasteiger partial charge in [0.05, 0.1) is 18.7 Å².